The van der Waals surface area contributed by atoms with Gasteiger partial charge in [0.25, 0.3) is 0 Å². The van der Waals surface area contributed by atoms with E-state index >= 15 is 0 Å². The van der Waals surface area contributed by atoms with Crippen molar-refractivity contribution < 1.29 is 24.1 Å². The third kappa shape index (κ3) is 6.30. The van der Waals surface area contributed by atoms with Gasteiger partial charge in [-0.2, -0.15) is 4.98 Å². The lowest BCUT2D eigenvalue weighted by molar-refractivity contribution is -0.144. The van der Waals surface area contributed by atoms with Gasteiger partial charge in [-0.05, 0) is 42.2 Å². The number of carbonyl (C=O) groups is 1. The van der Waals surface area contributed by atoms with Gasteiger partial charge in [-0.25, -0.2) is 9.59 Å². The number of rotatable bonds is 11. The summed E-state index contributed by atoms with van der Waals surface area (Å²) in [4.78, 5) is 31.8. The van der Waals surface area contributed by atoms with Gasteiger partial charge < -0.3 is 24.2 Å². The van der Waals surface area contributed by atoms with Crippen LogP contribution in [0.5, 0.6) is 11.8 Å². The van der Waals surface area contributed by atoms with Gasteiger partial charge in [0.15, 0.2) is 0 Å². The van der Waals surface area contributed by atoms with E-state index in [1.165, 1.54) is 0 Å². The Balaban J connectivity index is 1.37. The number of piperidine rings is 1. The fourth-order valence-electron chi connectivity index (χ4n) is 5.59. The van der Waals surface area contributed by atoms with E-state index in [0.717, 1.165) is 41.7 Å². The van der Waals surface area contributed by atoms with E-state index in [1.807, 2.05) is 78.9 Å². The predicted octanol–water partition coefficient (Wildman–Crippen LogP) is 4.95. The van der Waals surface area contributed by atoms with Crippen LogP contribution in [0.2, 0.25) is 0 Å². The van der Waals surface area contributed by atoms with Crippen LogP contribution in [0.3, 0.4) is 0 Å². The van der Waals surface area contributed by atoms with Gasteiger partial charge >= 0.3 is 11.7 Å². The van der Waals surface area contributed by atoms with Gasteiger partial charge in [-0.15, -0.1) is 0 Å². The van der Waals surface area contributed by atoms with Gasteiger partial charge in [0, 0.05) is 26.2 Å². The van der Waals surface area contributed by atoms with E-state index in [9.17, 15) is 9.59 Å². The van der Waals surface area contributed by atoms with Crippen LogP contribution in [0.1, 0.15) is 24.0 Å². The summed E-state index contributed by atoms with van der Waals surface area (Å²) in [6.07, 6.45) is 1.42. The fraction of sp³-hybridized carbons (Fsp3) is 0.265. The van der Waals surface area contributed by atoms with E-state index in [0.29, 0.717) is 30.2 Å². The number of nitrogens with zero attached hydrogens (tertiary/aromatic N) is 4. The molecule has 0 spiro atoms. The number of para-hydroxylation sites is 1. The summed E-state index contributed by atoms with van der Waals surface area (Å²) in [6, 6.07) is 29.0. The summed E-state index contributed by atoms with van der Waals surface area (Å²) in [5.41, 5.74) is 4.58. The van der Waals surface area contributed by atoms with Crippen molar-refractivity contribution in [3.63, 3.8) is 0 Å². The lowest BCUT2D eigenvalue weighted by Gasteiger charge is -2.34. The number of carboxylic acid groups (broad SMARTS) is 1. The standard InChI is InChI=1S/C34H34N4O6/c1-36-32-27(37-19-9-14-26(20-37)42-23-31(39)40)15-8-16-28(32)38(34(36)41)29-17-18-30(43-21-24-10-4-2-5-11-24)35-33(29)44-22-25-12-6-3-7-13-25/h2-8,10-13,15-18,26H,9,14,19-23H2,1H3,(H,39,40)/t26-/m0/s1. The molecule has 2 aromatic heterocycles. The number of pyridine rings is 1. The normalized spacial score (nSPS) is 14.9. The second kappa shape index (κ2) is 13.0. The van der Waals surface area contributed by atoms with Crippen LogP contribution in [0.25, 0.3) is 16.7 Å². The highest BCUT2D eigenvalue weighted by Gasteiger charge is 2.26. The molecule has 5 aromatic rings. The molecular formula is C34H34N4O6. The molecule has 10 nitrogen and oxygen atoms in total. The van der Waals surface area contributed by atoms with Crippen LogP contribution in [-0.4, -0.2) is 51.0 Å². The maximum absolute atomic E-state index is 13.9. The van der Waals surface area contributed by atoms with Crippen LogP contribution in [0.4, 0.5) is 5.69 Å². The maximum Gasteiger partial charge on any atom is 0.333 e. The van der Waals surface area contributed by atoms with Crippen LogP contribution < -0.4 is 20.1 Å². The first-order chi connectivity index (χ1) is 21.5. The molecule has 0 unspecified atom stereocenters. The fourth-order valence-corrected chi connectivity index (χ4v) is 5.59. The summed E-state index contributed by atoms with van der Waals surface area (Å²) in [6.45, 7) is 1.58. The Morgan fingerprint density at radius 2 is 1.59 bits per heavy atom. The SMILES string of the molecule is Cn1c(=O)n(-c2ccc(OCc3ccccc3)nc2OCc2ccccc2)c2cccc(N3CCC[C@H](OCC(=O)O)C3)c21. The zero-order valence-corrected chi connectivity index (χ0v) is 24.5. The van der Waals surface area contributed by atoms with E-state index in [2.05, 4.69) is 4.90 Å². The number of imidazole rings is 1. The minimum absolute atomic E-state index is 0.208. The zero-order chi connectivity index (χ0) is 30.5. The van der Waals surface area contributed by atoms with Crippen molar-refractivity contribution in [2.45, 2.75) is 32.2 Å². The average Bonchev–Trinajstić information content (AvgIpc) is 3.32. The first-order valence-corrected chi connectivity index (χ1v) is 14.6. The molecule has 10 heteroatoms. The monoisotopic (exact) mass is 594 g/mol. The summed E-state index contributed by atoms with van der Waals surface area (Å²) in [5.74, 6) is -0.325. The summed E-state index contributed by atoms with van der Waals surface area (Å²) in [5, 5.41) is 9.07. The first kappa shape index (κ1) is 29.0. The number of ether oxygens (including phenoxy) is 3. The van der Waals surface area contributed by atoms with Crippen molar-refractivity contribution in [3.05, 3.63) is 113 Å². The van der Waals surface area contributed by atoms with Gasteiger partial charge in [-0.1, -0.05) is 66.7 Å². The van der Waals surface area contributed by atoms with Crippen LogP contribution >= 0.6 is 0 Å². The Hall–Kier alpha value is -5.09. The molecule has 1 N–H and O–H groups in total. The van der Waals surface area contributed by atoms with E-state index in [-0.39, 0.29) is 30.9 Å². The minimum Gasteiger partial charge on any atom is -0.480 e. The topological polar surface area (TPSA) is 108 Å². The zero-order valence-electron chi connectivity index (χ0n) is 24.5. The summed E-state index contributed by atoms with van der Waals surface area (Å²) in [7, 11) is 1.75. The van der Waals surface area contributed by atoms with Crippen molar-refractivity contribution in [3.8, 4) is 17.4 Å². The molecule has 0 amide bonds. The maximum atomic E-state index is 13.9. The van der Waals surface area contributed by atoms with Crippen LogP contribution in [-0.2, 0) is 29.8 Å². The molecule has 226 valence electrons. The Kier molecular flexibility index (Phi) is 8.60. The number of aromatic nitrogens is 3. The minimum atomic E-state index is -0.987. The number of aryl methyl sites for hydroxylation is 1. The van der Waals surface area contributed by atoms with E-state index < -0.39 is 5.97 Å². The highest BCUT2D eigenvalue weighted by atomic mass is 16.5. The number of carboxylic acids is 1. The number of anilines is 1. The van der Waals surface area contributed by atoms with Crippen molar-refractivity contribution in [2.75, 3.05) is 24.6 Å². The number of benzene rings is 3. The molecule has 3 heterocycles. The highest BCUT2D eigenvalue weighted by Crippen LogP contribution is 2.33. The number of fused-ring (bicyclic) bond motifs is 1. The molecule has 0 radical (unpaired) electrons. The molecule has 1 aliphatic heterocycles. The highest BCUT2D eigenvalue weighted by molar-refractivity contribution is 5.91. The van der Waals surface area contributed by atoms with Gasteiger partial charge in [0.05, 0.1) is 22.8 Å². The molecule has 6 rings (SSSR count). The van der Waals surface area contributed by atoms with Crippen LogP contribution in [0, 0.1) is 0 Å². The largest absolute Gasteiger partial charge is 0.480 e. The van der Waals surface area contributed by atoms with E-state index in [4.69, 9.17) is 24.3 Å². The smallest absolute Gasteiger partial charge is 0.333 e. The van der Waals surface area contributed by atoms with Crippen molar-refractivity contribution in [1.82, 2.24) is 14.1 Å². The second-order valence-electron chi connectivity index (χ2n) is 10.8. The molecular weight excluding hydrogens is 560 g/mol. The number of aliphatic carboxylic acids is 1. The molecule has 1 atom stereocenters. The molecule has 1 fully saturated rings. The van der Waals surface area contributed by atoms with Crippen molar-refractivity contribution in [2.24, 2.45) is 7.05 Å². The lowest BCUT2D eigenvalue weighted by atomic mass is 10.1. The third-order valence-electron chi connectivity index (χ3n) is 7.71. The van der Waals surface area contributed by atoms with Gasteiger partial charge in [0.2, 0.25) is 11.8 Å². The molecule has 0 aliphatic carbocycles. The molecule has 1 aliphatic rings. The Bertz CT molecular complexity index is 1800. The van der Waals surface area contributed by atoms with E-state index in [1.54, 1.807) is 28.3 Å². The quantitative estimate of drug-likeness (QED) is 0.229. The second-order valence-corrected chi connectivity index (χ2v) is 10.8. The predicted molar refractivity (Wildman–Crippen MR) is 167 cm³/mol. The molecule has 1 saturated heterocycles. The van der Waals surface area contributed by atoms with Crippen molar-refractivity contribution >= 4 is 22.7 Å². The van der Waals surface area contributed by atoms with Gasteiger partial charge in [-0.3, -0.25) is 9.13 Å². The Morgan fingerprint density at radius 3 is 2.30 bits per heavy atom. The Labute approximate surface area is 254 Å². The number of hydrogen-bond donors (Lipinski definition) is 1. The van der Waals surface area contributed by atoms with Gasteiger partial charge in [0.1, 0.15) is 25.5 Å². The Morgan fingerprint density at radius 1 is 0.886 bits per heavy atom. The van der Waals surface area contributed by atoms with Crippen LogP contribution in [0.15, 0.2) is 95.8 Å². The van der Waals surface area contributed by atoms with Crippen molar-refractivity contribution in [1.29, 1.82) is 0 Å². The first-order valence-electron chi connectivity index (χ1n) is 14.6. The molecule has 44 heavy (non-hydrogen) atoms. The number of hydrogen-bond acceptors (Lipinski definition) is 7. The summed E-state index contributed by atoms with van der Waals surface area (Å²) < 4.78 is 21.1. The average molecular weight is 595 g/mol. The molecule has 0 saturated carbocycles. The lowest BCUT2D eigenvalue weighted by Crippen LogP contribution is -2.40. The third-order valence-corrected chi connectivity index (χ3v) is 7.71. The molecule has 0 bridgehead atoms. The molecule has 3 aromatic carbocycles. The summed E-state index contributed by atoms with van der Waals surface area (Å²) >= 11 is 0.